The number of amides is 6. The molecule has 0 radical (unpaired) electrons. The molecule has 2 aromatic carbocycles. The minimum atomic E-state index is -1.14. The van der Waals surface area contributed by atoms with E-state index in [1.807, 2.05) is 62.4 Å². The standard InChI is InChI=1S/C36H53N7O6/c1-22(2)18-27(32(37)45)39-36(49)31(23(3)4)42-35(48)29(20-26-16-12-9-13-17-26)41-34(47)28(19-25-14-10-8-11-15-25)40-33(46)24(5)38-30(44)21-43(6)7/h8-17,22-24,27-29,31H,18-21H2,1-7H3,(H2,37,45)(H,38,44)(H,39,49)(H,40,46)(H,41,47)(H,42,48)/t24-,27-,28-,29-,31-/m1/s1. The summed E-state index contributed by atoms with van der Waals surface area (Å²) in [5.74, 6) is -3.73. The molecular weight excluding hydrogens is 626 g/mol. The van der Waals surface area contributed by atoms with Gasteiger partial charge >= 0.3 is 0 Å². The number of likely N-dealkylation sites (N-methyl/N-ethyl adjacent to an activating group) is 1. The van der Waals surface area contributed by atoms with Crippen molar-refractivity contribution in [1.29, 1.82) is 0 Å². The summed E-state index contributed by atoms with van der Waals surface area (Å²) in [7, 11) is 3.46. The third kappa shape index (κ3) is 14.5. The van der Waals surface area contributed by atoms with E-state index < -0.39 is 59.7 Å². The Morgan fingerprint density at radius 2 is 1.06 bits per heavy atom. The molecule has 0 saturated carbocycles. The average molecular weight is 680 g/mol. The molecule has 49 heavy (non-hydrogen) atoms. The minimum absolute atomic E-state index is 0.0805. The van der Waals surface area contributed by atoms with E-state index in [1.54, 1.807) is 45.0 Å². The van der Waals surface area contributed by atoms with Gasteiger partial charge in [-0.3, -0.25) is 28.8 Å². The first-order chi connectivity index (χ1) is 23.1. The molecule has 0 aliphatic heterocycles. The van der Waals surface area contributed by atoms with Gasteiger partial charge in [0.05, 0.1) is 6.54 Å². The van der Waals surface area contributed by atoms with Crippen LogP contribution in [0.3, 0.4) is 0 Å². The number of nitrogens with one attached hydrogen (secondary N) is 5. The number of hydrogen-bond donors (Lipinski definition) is 6. The molecule has 0 saturated heterocycles. The van der Waals surface area contributed by atoms with E-state index in [2.05, 4.69) is 26.6 Å². The summed E-state index contributed by atoms with van der Waals surface area (Å²) in [5, 5.41) is 13.6. The van der Waals surface area contributed by atoms with Gasteiger partial charge in [0.1, 0.15) is 30.2 Å². The lowest BCUT2D eigenvalue weighted by atomic mass is 9.98. The van der Waals surface area contributed by atoms with Crippen molar-refractivity contribution < 1.29 is 28.8 Å². The van der Waals surface area contributed by atoms with Crippen LogP contribution >= 0.6 is 0 Å². The van der Waals surface area contributed by atoms with Crippen molar-refractivity contribution in [1.82, 2.24) is 31.5 Å². The summed E-state index contributed by atoms with van der Waals surface area (Å²) >= 11 is 0. The van der Waals surface area contributed by atoms with Gasteiger partial charge < -0.3 is 37.2 Å². The molecule has 5 atom stereocenters. The first-order valence-electron chi connectivity index (χ1n) is 16.6. The van der Waals surface area contributed by atoms with Crippen molar-refractivity contribution in [3.63, 3.8) is 0 Å². The van der Waals surface area contributed by atoms with Crippen LogP contribution in [-0.4, -0.2) is 91.2 Å². The molecule has 0 heterocycles. The van der Waals surface area contributed by atoms with Gasteiger partial charge in [-0.2, -0.15) is 0 Å². The van der Waals surface area contributed by atoms with Gasteiger partial charge in [-0.1, -0.05) is 88.4 Å². The Kier molecular flexibility index (Phi) is 16.4. The highest BCUT2D eigenvalue weighted by Crippen LogP contribution is 2.11. The number of carbonyl (C=O) groups is 6. The maximum absolute atomic E-state index is 13.9. The zero-order chi connectivity index (χ0) is 36.7. The maximum atomic E-state index is 13.9. The smallest absolute Gasteiger partial charge is 0.243 e. The van der Waals surface area contributed by atoms with Crippen LogP contribution in [0.25, 0.3) is 0 Å². The van der Waals surface area contributed by atoms with Gasteiger partial charge in [-0.05, 0) is 50.4 Å². The quantitative estimate of drug-likeness (QED) is 0.126. The fraction of sp³-hybridized carbons (Fsp3) is 0.500. The summed E-state index contributed by atoms with van der Waals surface area (Å²) in [4.78, 5) is 80.4. The Hall–Kier alpha value is -4.78. The number of benzene rings is 2. The van der Waals surface area contributed by atoms with Crippen LogP contribution in [0.4, 0.5) is 0 Å². The molecule has 268 valence electrons. The van der Waals surface area contributed by atoms with Crippen LogP contribution in [0.2, 0.25) is 0 Å². The molecule has 2 aromatic rings. The van der Waals surface area contributed by atoms with Crippen molar-refractivity contribution in [3.8, 4) is 0 Å². The Morgan fingerprint density at radius 1 is 0.612 bits per heavy atom. The Balaban J connectivity index is 2.34. The number of hydrogen-bond acceptors (Lipinski definition) is 7. The lowest BCUT2D eigenvalue weighted by molar-refractivity contribution is -0.135. The molecule has 2 rings (SSSR count). The highest BCUT2D eigenvalue weighted by molar-refractivity contribution is 5.96. The average Bonchev–Trinajstić information content (AvgIpc) is 3.02. The molecule has 13 heteroatoms. The summed E-state index contributed by atoms with van der Waals surface area (Å²) in [6, 6.07) is 13.0. The first-order valence-corrected chi connectivity index (χ1v) is 16.6. The van der Waals surface area contributed by atoms with Crippen molar-refractivity contribution in [3.05, 3.63) is 71.8 Å². The number of nitrogens with zero attached hydrogens (tertiary/aromatic N) is 1. The highest BCUT2D eigenvalue weighted by atomic mass is 16.2. The van der Waals surface area contributed by atoms with Crippen LogP contribution in [0.1, 0.15) is 52.2 Å². The number of carbonyl (C=O) groups excluding carboxylic acids is 6. The summed E-state index contributed by atoms with van der Waals surface area (Å²) in [6.45, 7) is 8.90. The second-order valence-electron chi connectivity index (χ2n) is 13.4. The van der Waals surface area contributed by atoms with Crippen molar-refractivity contribution in [2.24, 2.45) is 17.6 Å². The molecule has 6 amide bonds. The van der Waals surface area contributed by atoms with Crippen LogP contribution in [0, 0.1) is 11.8 Å². The van der Waals surface area contributed by atoms with Crippen molar-refractivity contribution in [2.75, 3.05) is 20.6 Å². The molecular formula is C36H53N7O6. The Bertz CT molecular complexity index is 1400. The fourth-order valence-corrected chi connectivity index (χ4v) is 5.09. The van der Waals surface area contributed by atoms with E-state index in [0.29, 0.717) is 6.42 Å². The van der Waals surface area contributed by atoms with Crippen molar-refractivity contribution >= 4 is 35.4 Å². The van der Waals surface area contributed by atoms with Crippen LogP contribution in [-0.2, 0) is 41.6 Å². The largest absolute Gasteiger partial charge is 0.368 e. The van der Waals surface area contributed by atoms with Crippen LogP contribution < -0.4 is 32.3 Å². The van der Waals surface area contributed by atoms with E-state index in [0.717, 1.165) is 11.1 Å². The van der Waals surface area contributed by atoms with E-state index in [1.165, 1.54) is 6.92 Å². The fourth-order valence-electron chi connectivity index (χ4n) is 5.09. The van der Waals surface area contributed by atoms with Gasteiger partial charge in [-0.15, -0.1) is 0 Å². The predicted octanol–water partition coefficient (Wildman–Crippen LogP) is 0.665. The summed E-state index contributed by atoms with van der Waals surface area (Å²) in [5.41, 5.74) is 7.05. The molecule has 13 nitrogen and oxygen atoms in total. The van der Waals surface area contributed by atoms with Crippen LogP contribution in [0.15, 0.2) is 60.7 Å². The maximum Gasteiger partial charge on any atom is 0.243 e. The molecule has 0 unspecified atom stereocenters. The lowest BCUT2D eigenvalue weighted by Gasteiger charge is -2.28. The topological polar surface area (TPSA) is 192 Å². The number of primary amides is 1. The molecule has 0 bridgehead atoms. The first kappa shape index (κ1) is 40.4. The third-order valence-corrected chi connectivity index (χ3v) is 7.68. The van der Waals surface area contributed by atoms with E-state index in [9.17, 15) is 28.8 Å². The zero-order valence-electron chi connectivity index (χ0n) is 29.6. The van der Waals surface area contributed by atoms with Gasteiger partial charge in [0, 0.05) is 12.8 Å². The second kappa shape index (κ2) is 19.9. The summed E-state index contributed by atoms with van der Waals surface area (Å²) < 4.78 is 0. The van der Waals surface area contributed by atoms with Gasteiger partial charge in [0.2, 0.25) is 35.4 Å². The highest BCUT2D eigenvalue weighted by Gasteiger charge is 2.33. The molecule has 0 aromatic heterocycles. The zero-order valence-corrected chi connectivity index (χ0v) is 29.6. The van der Waals surface area contributed by atoms with Gasteiger partial charge in [0.25, 0.3) is 0 Å². The molecule has 0 aliphatic carbocycles. The summed E-state index contributed by atoms with van der Waals surface area (Å²) in [6.07, 6.45) is 0.530. The monoisotopic (exact) mass is 679 g/mol. The predicted molar refractivity (Wildman–Crippen MR) is 188 cm³/mol. The molecule has 7 N–H and O–H groups in total. The van der Waals surface area contributed by atoms with Crippen molar-refractivity contribution in [2.45, 2.75) is 84.1 Å². The third-order valence-electron chi connectivity index (χ3n) is 7.68. The minimum Gasteiger partial charge on any atom is -0.368 e. The lowest BCUT2D eigenvalue weighted by Crippen LogP contribution is -2.60. The molecule has 0 aliphatic rings. The van der Waals surface area contributed by atoms with Gasteiger partial charge in [-0.25, -0.2) is 0 Å². The van der Waals surface area contributed by atoms with Crippen LogP contribution in [0.5, 0.6) is 0 Å². The van der Waals surface area contributed by atoms with E-state index >= 15 is 0 Å². The number of rotatable bonds is 19. The van der Waals surface area contributed by atoms with E-state index in [-0.39, 0.29) is 37.1 Å². The second-order valence-corrected chi connectivity index (χ2v) is 13.4. The SMILES string of the molecule is CC(C)C[C@@H](NC(=O)[C@H](NC(=O)[C@@H](Cc1ccccc1)NC(=O)[C@@H](Cc1ccccc1)NC(=O)[C@@H](C)NC(=O)CN(C)C)C(C)C)C(N)=O. The van der Waals surface area contributed by atoms with E-state index in [4.69, 9.17) is 5.73 Å². The number of nitrogens with two attached hydrogens (primary N) is 1. The Morgan fingerprint density at radius 3 is 1.49 bits per heavy atom. The molecule has 0 spiro atoms. The van der Waals surface area contributed by atoms with Gasteiger partial charge in [0.15, 0.2) is 0 Å². The normalized spacial score (nSPS) is 14.2. The Labute approximate surface area is 289 Å². The molecule has 0 fully saturated rings.